The Labute approximate surface area is 163 Å². The number of piperidine rings is 1. The Balaban J connectivity index is 1.68. The number of nitrogens with zero attached hydrogens (tertiary/aromatic N) is 2. The number of thioether (sulfide) groups is 1. The lowest BCUT2D eigenvalue weighted by Gasteiger charge is -2.28. The number of rotatable bonds is 4. The van der Waals surface area contributed by atoms with Gasteiger partial charge in [0.25, 0.3) is 5.91 Å². The summed E-state index contributed by atoms with van der Waals surface area (Å²) in [6.07, 6.45) is 7.10. The first-order valence-corrected chi connectivity index (χ1v) is 10.0. The van der Waals surface area contributed by atoms with E-state index in [1.807, 2.05) is 54.3 Å². The summed E-state index contributed by atoms with van der Waals surface area (Å²) < 4.78 is 0.458. The molecular weight excluding hydrogens is 364 g/mol. The molecule has 3 rings (SSSR count). The van der Waals surface area contributed by atoms with E-state index in [9.17, 15) is 9.59 Å². The lowest BCUT2D eigenvalue weighted by atomic mass is 10.1. The molecule has 2 aliphatic heterocycles. The highest BCUT2D eigenvalue weighted by atomic mass is 32.2. The monoisotopic (exact) mass is 386 g/mol. The number of carbonyl (C=O) groups excluding carboxylic acids is 2. The van der Waals surface area contributed by atoms with Gasteiger partial charge in [-0.3, -0.25) is 14.5 Å². The Morgan fingerprint density at radius 1 is 1.19 bits per heavy atom. The Hall–Kier alpha value is -1.92. The SMILES string of the molecule is CC(/C=C1\SC(=S)N(CC(=O)N2CCCCC2)C1=O)=C\c1ccccc1. The number of benzene rings is 1. The van der Waals surface area contributed by atoms with Crippen molar-refractivity contribution in [1.82, 2.24) is 9.80 Å². The third kappa shape index (κ3) is 4.62. The average molecular weight is 387 g/mol. The Bertz CT molecular complexity index is 765. The predicted molar refractivity (Wildman–Crippen MR) is 111 cm³/mol. The molecule has 0 saturated carbocycles. The molecule has 1 aromatic rings. The molecule has 0 aromatic heterocycles. The Kier molecular flexibility index (Phi) is 6.27. The van der Waals surface area contributed by atoms with E-state index < -0.39 is 0 Å². The smallest absolute Gasteiger partial charge is 0.266 e. The highest BCUT2D eigenvalue weighted by Gasteiger charge is 2.34. The molecular formula is C20H22N2O2S2. The van der Waals surface area contributed by atoms with Gasteiger partial charge in [0, 0.05) is 13.1 Å². The van der Waals surface area contributed by atoms with Crippen molar-refractivity contribution in [2.75, 3.05) is 19.6 Å². The fourth-order valence-electron chi connectivity index (χ4n) is 3.08. The van der Waals surface area contributed by atoms with Gasteiger partial charge in [-0.2, -0.15) is 0 Å². The zero-order chi connectivity index (χ0) is 18.5. The zero-order valence-corrected chi connectivity index (χ0v) is 16.4. The molecule has 26 heavy (non-hydrogen) atoms. The molecule has 2 saturated heterocycles. The first-order valence-electron chi connectivity index (χ1n) is 8.81. The fourth-order valence-corrected chi connectivity index (χ4v) is 4.38. The van der Waals surface area contributed by atoms with Gasteiger partial charge in [0.05, 0.1) is 4.91 Å². The van der Waals surface area contributed by atoms with Crippen LogP contribution in [0, 0.1) is 0 Å². The maximum Gasteiger partial charge on any atom is 0.266 e. The summed E-state index contributed by atoms with van der Waals surface area (Å²) in [6.45, 7) is 3.56. The minimum Gasteiger partial charge on any atom is -0.341 e. The summed E-state index contributed by atoms with van der Waals surface area (Å²) in [5, 5.41) is 0. The van der Waals surface area contributed by atoms with Gasteiger partial charge < -0.3 is 4.90 Å². The van der Waals surface area contributed by atoms with Crippen LogP contribution in [0.15, 0.2) is 46.9 Å². The standard InChI is InChI=1S/C20H22N2O2S2/c1-15(12-16-8-4-2-5-9-16)13-17-19(24)22(20(25)26-17)14-18(23)21-10-6-3-7-11-21/h2,4-5,8-9,12-13H,3,6-7,10-11,14H2,1H3/b15-12+,17-13-. The van der Waals surface area contributed by atoms with E-state index in [4.69, 9.17) is 12.2 Å². The number of carbonyl (C=O) groups is 2. The minimum absolute atomic E-state index is 0.0150. The lowest BCUT2D eigenvalue weighted by molar-refractivity contribution is -0.136. The molecule has 0 spiro atoms. The maximum atomic E-state index is 12.7. The second-order valence-corrected chi connectivity index (χ2v) is 8.18. The topological polar surface area (TPSA) is 40.6 Å². The summed E-state index contributed by atoms with van der Waals surface area (Å²) in [6, 6.07) is 9.95. The van der Waals surface area contributed by atoms with Crippen molar-refractivity contribution in [3.8, 4) is 0 Å². The van der Waals surface area contributed by atoms with E-state index in [0.717, 1.165) is 37.1 Å². The van der Waals surface area contributed by atoms with Gasteiger partial charge >= 0.3 is 0 Å². The Morgan fingerprint density at radius 2 is 1.88 bits per heavy atom. The van der Waals surface area contributed by atoms with E-state index in [-0.39, 0.29) is 18.4 Å². The molecule has 0 aliphatic carbocycles. The van der Waals surface area contributed by atoms with Crippen molar-refractivity contribution in [2.24, 2.45) is 0 Å². The summed E-state index contributed by atoms with van der Waals surface area (Å²) in [5.74, 6) is -0.190. The predicted octanol–water partition coefficient (Wildman–Crippen LogP) is 3.85. The van der Waals surface area contributed by atoms with Gasteiger partial charge in [-0.25, -0.2) is 0 Å². The van der Waals surface area contributed by atoms with E-state index in [2.05, 4.69) is 0 Å². The van der Waals surface area contributed by atoms with Crippen molar-refractivity contribution in [2.45, 2.75) is 26.2 Å². The van der Waals surface area contributed by atoms with Crippen LogP contribution in [-0.2, 0) is 9.59 Å². The van der Waals surface area contributed by atoms with E-state index in [1.165, 1.54) is 23.1 Å². The van der Waals surface area contributed by atoms with Crippen LogP contribution in [0.2, 0.25) is 0 Å². The molecule has 0 unspecified atom stereocenters. The first kappa shape index (κ1) is 18.9. The fraction of sp³-hybridized carbons (Fsp3) is 0.350. The molecule has 2 fully saturated rings. The third-order valence-corrected chi connectivity index (χ3v) is 5.81. The van der Waals surface area contributed by atoms with Crippen LogP contribution in [-0.4, -0.2) is 45.6 Å². The molecule has 2 amide bonds. The molecule has 6 heteroatoms. The van der Waals surface area contributed by atoms with Crippen molar-refractivity contribution >= 4 is 46.2 Å². The van der Waals surface area contributed by atoms with Crippen LogP contribution in [0.25, 0.3) is 6.08 Å². The molecule has 0 N–H and O–H groups in total. The number of hydrogen-bond donors (Lipinski definition) is 0. The van der Waals surface area contributed by atoms with Crippen molar-refractivity contribution in [3.05, 3.63) is 52.4 Å². The normalized spacial score (nSPS) is 20.2. The van der Waals surface area contributed by atoms with Crippen molar-refractivity contribution in [3.63, 3.8) is 0 Å². The van der Waals surface area contributed by atoms with E-state index in [1.54, 1.807) is 0 Å². The van der Waals surface area contributed by atoms with Crippen LogP contribution >= 0.6 is 24.0 Å². The first-order chi connectivity index (χ1) is 12.5. The van der Waals surface area contributed by atoms with Crippen LogP contribution < -0.4 is 0 Å². The van der Waals surface area contributed by atoms with Gasteiger partial charge in [0.2, 0.25) is 5.91 Å². The summed E-state index contributed by atoms with van der Waals surface area (Å²) in [5.41, 5.74) is 2.05. The molecule has 0 radical (unpaired) electrons. The van der Waals surface area contributed by atoms with Gasteiger partial charge in [-0.15, -0.1) is 0 Å². The van der Waals surface area contributed by atoms with Crippen molar-refractivity contribution < 1.29 is 9.59 Å². The third-order valence-electron chi connectivity index (χ3n) is 4.43. The van der Waals surface area contributed by atoms with Gasteiger partial charge in [-0.1, -0.05) is 60.4 Å². The number of allylic oxidation sites excluding steroid dienone is 2. The zero-order valence-electron chi connectivity index (χ0n) is 14.8. The molecule has 0 atom stereocenters. The summed E-state index contributed by atoms with van der Waals surface area (Å²) in [7, 11) is 0. The average Bonchev–Trinajstić information content (AvgIpc) is 2.90. The lowest BCUT2D eigenvalue weighted by Crippen LogP contribution is -2.44. The largest absolute Gasteiger partial charge is 0.341 e. The molecule has 2 heterocycles. The minimum atomic E-state index is -0.175. The highest BCUT2D eigenvalue weighted by Crippen LogP contribution is 2.32. The molecule has 0 bridgehead atoms. The number of likely N-dealkylation sites (tertiary alicyclic amines) is 1. The number of thiocarbonyl (C=S) groups is 1. The van der Waals surface area contributed by atoms with Crippen LogP contribution in [0.3, 0.4) is 0 Å². The second-order valence-electron chi connectivity index (χ2n) is 6.51. The van der Waals surface area contributed by atoms with E-state index >= 15 is 0 Å². The number of hydrogen-bond acceptors (Lipinski definition) is 4. The quantitative estimate of drug-likeness (QED) is 0.582. The summed E-state index contributed by atoms with van der Waals surface area (Å²) in [4.78, 5) is 29.0. The second kappa shape index (κ2) is 8.64. The Morgan fingerprint density at radius 3 is 2.58 bits per heavy atom. The van der Waals surface area contributed by atoms with Crippen LogP contribution in [0.4, 0.5) is 0 Å². The van der Waals surface area contributed by atoms with Gasteiger partial charge in [0.15, 0.2) is 0 Å². The van der Waals surface area contributed by atoms with Gasteiger partial charge in [-0.05, 0) is 43.4 Å². The molecule has 2 aliphatic rings. The molecule has 136 valence electrons. The van der Waals surface area contributed by atoms with Crippen LogP contribution in [0.1, 0.15) is 31.7 Å². The van der Waals surface area contributed by atoms with Crippen molar-refractivity contribution in [1.29, 1.82) is 0 Å². The highest BCUT2D eigenvalue weighted by molar-refractivity contribution is 8.26. The number of amides is 2. The summed E-state index contributed by atoms with van der Waals surface area (Å²) >= 11 is 6.60. The molecule has 1 aromatic carbocycles. The van der Waals surface area contributed by atoms with Gasteiger partial charge in [0.1, 0.15) is 10.9 Å². The maximum absolute atomic E-state index is 12.7. The van der Waals surface area contributed by atoms with E-state index in [0.29, 0.717) is 9.23 Å². The van der Waals surface area contributed by atoms with Crippen LogP contribution in [0.5, 0.6) is 0 Å². The molecule has 4 nitrogen and oxygen atoms in total.